The zero-order chi connectivity index (χ0) is 19.2. The number of piperidine rings is 1. The molecule has 140 valence electrons. The monoisotopic (exact) mass is 367 g/mol. The number of hydrazine groups is 1. The molecule has 0 saturated carbocycles. The van der Waals surface area contributed by atoms with Crippen LogP contribution in [-0.2, 0) is 9.59 Å². The van der Waals surface area contributed by atoms with E-state index in [1.165, 1.54) is 12.3 Å². The standard InChI is InChI=1S/C19H21N5O3/c1-2-17(25)23-10-6-7-14(12-23)18(26)21-22-19(27)15-11-20-24(13-15)16-8-4-3-5-9-16/h2-5,8-9,11,13-14H,1,6-7,10,12H2,(H,21,26)(H,22,27). The van der Waals surface area contributed by atoms with Gasteiger partial charge in [0.15, 0.2) is 0 Å². The summed E-state index contributed by atoms with van der Waals surface area (Å²) in [6.07, 6.45) is 5.65. The maximum atomic E-state index is 12.3. The molecule has 2 N–H and O–H groups in total. The highest BCUT2D eigenvalue weighted by molar-refractivity contribution is 5.95. The van der Waals surface area contributed by atoms with Crippen molar-refractivity contribution in [1.29, 1.82) is 0 Å². The Bertz CT molecular complexity index is 846. The molecule has 2 aromatic rings. The lowest BCUT2D eigenvalue weighted by atomic mass is 9.97. The Labute approximate surface area is 156 Å². The van der Waals surface area contributed by atoms with Crippen molar-refractivity contribution in [3.8, 4) is 5.69 Å². The molecule has 3 rings (SSSR count). The second kappa shape index (κ2) is 8.31. The van der Waals surface area contributed by atoms with Crippen molar-refractivity contribution >= 4 is 17.7 Å². The average molecular weight is 367 g/mol. The maximum absolute atomic E-state index is 12.3. The normalized spacial score (nSPS) is 16.4. The van der Waals surface area contributed by atoms with E-state index >= 15 is 0 Å². The van der Waals surface area contributed by atoms with Crippen LogP contribution in [0.3, 0.4) is 0 Å². The number of nitrogens with zero attached hydrogens (tertiary/aromatic N) is 3. The molecule has 27 heavy (non-hydrogen) atoms. The van der Waals surface area contributed by atoms with Crippen LogP contribution in [-0.4, -0.2) is 45.5 Å². The number of aromatic nitrogens is 2. The van der Waals surface area contributed by atoms with Gasteiger partial charge in [0.2, 0.25) is 11.8 Å². The fourth-order valence-electron chi connectivity index (χ4n) is 2.98. The molecule has 3 amide bonds. The summed E-state index contributed by atoms with van der Waals surface area (Å²) in [7, 11) is 0. The highest BCUT2D eigenvalue weighted by Crippen LogP contribution is 2.16. The van der Waals surface area contributed by atoms with Gasteiger partial charge < -0.3 is 4.90 Å². The lowest BCUT2D eigenvalue weighted by molar-refractivity contribution is -0.132. The van der Waals surface area contributed by atoms with Gasteiger partial charge in [-0.15, -0.1) is 0 Å². The largest absolute Gasteiger partial charge is 0.338 e. The van der Waals surface area contributed by atoms with Crippen LogP contribution < -0.4 is 10.9 Å². The van der Waals surface area contributed by atoms with Gasteiger partial charge in [-0.1, -0.05) is 24.8 Å². The summed E-state index contributed by atoms with van der Waals surface area (Å²) < 4.78 is 1.58. The minimum atomic E-state index is -0.458. The molecule has 1 aromatic carbocycles. The molecule has 1 saturated heterocycles. The zero-order valence-electron chi connectivity index (χ0n) is 14.8. The lowest BCUT2D eigenvalue weighted by Crippen LogP contribution is -2.49. The Hall–Kier alpha value is -3.42. The molecule has 1 atom stereocenters. The van der Waals surface area contributed by atoms with E-state index in [2.05, 4.69) is 22.5 Å². The van der Waals surface area contributed by atoms with Crippen LogP contribution >= 0.6 is 0 Å². The number of nitrogens with one attached hydrogen (secondary N) is 2. The van der Waals surface area contributed by atoms with E-state index in [1.807, 2.05) is 30.3 Å². The SMILES string of the molecule is C=CC(=O)N1CCCC(C(=O)NNC(=O)c2cnn(-c3ccccc3)c2)C1. The van der Waals surface area contributed by atoms with Crippen molar-refractivity contribution in [2.24, 2.45) is 5.92 Å². The minimum absolute atomic E-state index is 0.190. The van der Waals surface area contributed by atoms with Crippen LogP contribution in [0.4, 0.5) is 0 Å². The second-order valence-electron chi connectivity index (χ2n) is 6.28. The Balaban J connectivity index is 1.54. The van der Waals surface area contributed by atoms with Gasteiger partial charge in [0, 0.05) is 19.3 Å². The number of rotatable bonds is 4. The van der Waals surface area contributed by atoms with Crippen molar-refractivity contribution in [3.05, 3.63) is 60.9 Å². The molecule has 1 unspecified atom stereocenters. The summed E-state index contributed by atoms with van der Waals surface area (Å²) in [5, 5.41) is 4.15. The first-order chi connectivity index (χ1) is 13.1. The van der Waals surface area contributed by atoms with Crippen LogP contribution in [0.5, 0.6) is 0 Å². The average Bonchev–Trinajstić information content (AvgIpc) is 3.22. The van der Waals surface area contributed by atoms with Gasteiger partial charge in [-0.2, -0.15) is 5.10 Å². The summed E-state index contributed by atoms with van der Waals surface area (Å²) >= 11 is 0. The zero-order valence-corrected chi connectivity index (χ0v) is 14.8. The van der Waals surface area contributed by atoms with Crippen LogP contribution in [0.1, 0.15) is 23.2 Å². The maximum Gasteiger partial charge on any atom is 0.272 e. The van der Waals surface area contributed by atoms with E-state index in [1.54, 1.807) is 15.8 Å². The molecular weight excluding hydrogens is 346 g/mol. The van der Waals surface area contributed by atoms with Crippen molar-refractivity contribution in [2.45, 2.75) is 12.8 Å². The van der Waals surface area contributed by atoms with Crippen molar-refractivity contribution < 1.29 is 14.4 Å². The minimum Gasteiger partial charge on any atom is -0.338 e. The van der Waals surface area contributed by atoms with Crippen LogP contribution in [0.25, 0.3) is 5.69 Å². The number of likely N-dealkylation sites (tertiary alicyclic amines) is 1. The van der Waals surface area contributed by atoms with E-state index in [-0.39, 0.29) is 17.7 Å². The lowest BCUT2D eigenvalue weighted by Gasteiger charge is -2.31. The predicted molar refractivity (Wildman–Crippen MR) is 98.7 cm³/mol. The predicted octanol–water partition coefficient (Wildman–Crippen LogP) is 1.06. The molecule has 2 heterocycles. The van der Waals surface area contributed by atoms with Gasteiger partial charge >= 0.3 is 0 Å². The summed E-state index contributed by atoms with van der Waals surface area (Å²) in [5.41, 5.74) is 6.00. The Kier molecular flexibility index (Phi) is 5.65. The first-order valence-corrected chi connectivity index (χ1v) is 8.70. The number of carbonyl (C=O) groups is 3. The highest BCUT2D eigenvalue weighted by Gasteiger charge is 2.27. The summed E-state index contributed by atoms with van der Waals surface area (Å²) in [6, 6.07) is 9.39. The third-order valence-electron chi connectivity index (χ3n) is 4.44. The molecule has 0 radical (unpaired) electrons. The van der Waals surface area contributed by atoms with Gasteiger partial charge in [0.1, 0.15) is 0 Å². The number of hydrogen-bond acceptors (Lipinski definition) is 4. The topological polar surface area (TPSA) is 96.3 Å². The van der Waals surface area contributed by atoms with E-state index < -0.39 is 5.91 Å². The van der Waals surface area contributed by atoms with Crippen LogP contribution in [0.15, 0.2) is 55.4 Å². The Morgan fingerprint density at radius 3 is 2.70 bits per heavy atom. The molecule has 1 aromatic heterocycles. The Morgan fingerprint density at radius 2 is 1.96 bits per heavy atom. The van der Waals surface area contributed by atoms with Gasteiger partial charge in [0.25, 0.3) is 5.91 Å². The van der Waals surface area contributed by atoms with E-state index in [9.17, 15) is 14.4 Å². The van der Waals surface area contributed by atoms with Gasteiger partial charge in [-0.25, -0.2) is 4.68 Å². The molecule has 1 fully saturated rings. The van der Waals surface area contributed by atoms with Crippen molar-refractivity contribution in [1.82, 2.24) is 25.5 Å². The number of para-hydroxylation sites is 1. The fourth-order valence-corrected chi connectivity index (χ4v) is 2.98. The third kappa shape index (κ3) is 4.41. The van der Waals surface area contributed by atoms with Gasteiger partial charge in [0.05, 0.1) is 23.4 Å². The number of benzene rings is 1. The van der Waals surface area contributed by atoms with E-state index in [0.29, 0.717) is 25.1 Å². The smallest absolute Gasteiger partial charge is 0.272 e. The van der Waals surface area contributed by atoms with Crippen molar-refractivity contribution in [3.63, 3.8) is 0 Å². The van der Waals surface area contributed by atoms with E-state index in [4.69, 9.17) is 0 Å². The number of hydrogen-bond donors (Lipinski definition) is 2. The summed E-state index contributed by atoms with van der Waals surface area (Å²) in [6.45, 7) is 4.39. The summed E-state index contributed by atoms with van der Waals surface area (Å²) in [5.74, 6) is -1.33. The first kappa shape index (κ1) is 18.4. The molecule has 0 aliphatic carbocycles. The molecule has 8 heteroatoms. The summed E-state index contributed by atoms with van der Waals surface area (Å²) in [4.78, 5) is 37.8. The molecule has 8 nitrogen and oxygen atoms in total. The molecule has 0 bridgehead atoms. The highest BCUT2D eigenvalue weighted by atomic mass is 16.2. The number of amides is 3. The molecule has 1 aliphatic heterocycles. The fraction of sp³-hybridized carbons (Fsp3) is 0.263. The first-order valence-electron chi connectivity index (χ1n) is 8.70. The van der Waals surface area contributed by atoms with E-state index in [0.717, 1.165) is 12.1 Å². The van der Waals surface area contributed by atoms with Gasteiger partial charge in [-0.3, -0.25) is 25.2 Å². The molecular formula is C19H21N5O3. The van der Waals surface area contributed by atoms with Crippen molar-refractivity contribution in [2.75, 3.05) is 13.1 Å². The number of carbonyl (C=O) groups excluding carboxylic acids is 3. The molecule has 0 spiro atoms. The van der Waals surface area contributed by atoms with Crippen LogP contribution in [0, 0.1) is 5.92 Å². The quantitative estimate of drug-likeness (QED) is 0.624. The molecule has 1 aliphatic rings. The van der Waals surface area contributed by atoms with Crippen LogP contribution in [0.2, 0.25) is 0 Å². The van der Waals surface area contributed by atoms with Gasteiger partial charge in [-0.05, 0) is 31.1 Å². The third-order valence-corrected chi connectivity index (χ3v) is 4.44. The second-order valence-corrected chi connectivity index (χ2v) is 6.28. The Morgan fingerprint density at radius 1 is 1.19 bits per heavy atom.